The van der Waals surface area contributed by atoms with Crippen molar-refractivity contribution in [2.24, 2.45) is 0 Å². The zero-order valence-corrected chi connectivity index (χ0v) is 16.0. The summed E-state index contributed by atoms with van der Waals surface area (Å²) in [6, 6.07) is 13.5. The average Bonchev–Trinajstić information content (AvgIpc) is 2.90. The number of fused-ring (bicyclic) bond motifs is 1. The van der Waals surface area contributed by atoms with Crippen molar-refractivity contribution in [3.05, 3.63) is 59.0 Å². The second kappa shape index (κ2) is 7.40. The van der Waals surface area contributed by atoms with Crippen molar-refractivity contribution in [3.8, 4) is 0 Å². The Bertz CT molecular complexity index is 1140. The van der Waals surface area contributed by atoms with Crippen molar-refractivity contribution in [1.82, 2.24) is 9.13 Å². The van der Waals surface area contributed by atoms with Gasteiger partial charge in [0, 0.05) is 31.5 Å². The molecule has 8 heteroatoms. The third-order valence-electron chi connectivity index (χ3n) is 4.37. The zero-order valence-electron chi connectivity index (χ0n) is 15.2. The molecule has 0 radical (unpaired) electrons. The quantitative estimate of drug-likeness (QED) is 0.702. The van der Waals surface area contributed by atoms with Gasteiger partial charge in [-0.25, -0.2) is 13.2 Å². The number of rotatable bonds is 6. The highest BCUT2D eigenvalue weighted by Gasteiger charge is 2.13. The molecule has 0 atom stereocenters. The number of sulfone groups is 1. The number of hydrogen-bond acceptors (Lipinski definition) is 4. The molecule has 1 N–H and O–H groups in total. The summed E-state index contributed by atoms with van der Waals surface area (Å²) in [5, 5.41) is 2.72. The lowest BCUT2D eigenvalue weighted by molar-refractivity contribution is -0.116. The Morgan fingerprint density at radius 1 is 1.00 bits per heavy atom. The fourth-order valence-corrected chi connectivity index (χ4v) is 3.65. The van der Waals surface area contributed by atoms with Gasteiger partial charge in [-0.3, -0.25) is 13.9 Å². The van der Waals surface area contributed by atoms with E-state index < -0.39 is 9.84 Å². The summed E-state index contributed by atoms with van der Waals surface area (Å²) in [4.78, 5) is 25.0. The van der Waals surface area contributed by atoms with Gasteiger partial charge in [-0.05, 0) is 43.3 Å². The number of aromatic nitrogens is 2. The fourth-order valence-electron chi connectivity index (χ4n) is 3.02. The minimum absolute atomic E-state index is 0.130. The number of hydrogen-bond donors (Lipinski definition) is 1. The van der Waals surface area contributed by atoms with Gasteiger partial charge in [0.1, 0.15) is 0 Å². The van der Waals surface area contributed by atoms with Crippen LogP contribution in [-0.2, 0) is 27.7 Å². The Morgan fingerprint density at radius 2 is 1.59 bits per heavy atom. The van der Waals surface area contributed by atoms with Gasteiger partial charge in [0.2, 0.25) is 5.91 Å². The minimum atomic E-state index is -3.27. The van der Waals surface area contributed by atoms with Crippen LogP contribution in [0.5, 0.6) is 0 Å². The first-order chi connectivity index (χ1) is 12.8. The number of anilines is 1. The van der Waals surface area contributed by atoms with E-state index in [2.05, 4.69) is 5.32 Å². The highest BCUT2D eigenvalue weighted by Crippen LogP contribution is 2.15. The predicted molar refractivity (Wildman–Crippen MR) is 105 cm³/mol. The minimum Gasteiger partial charge on any atom is -0.326 e. The Balaban J connectivity index is 1.72. The first kappa shape index (κ1) is 18.9. The van der Waals surface area contributed by atoms with Crippen molar-refractivity contribution in [2.45, 2.75) is 31.3 Å². The van der Waals surface area contributed by atoms with Crippen LogP contribution in [0.25, 0.3) is 11.0 Å². The number of carbonyl (C=O) groups excluding carboxylic acids is 1. The molecule has 142 valence electrons. The molecule has 0 unspecified atom stereocenters. The summed E-state index contributed by atoms with van der Waals surface area (Å²) in [6.45, 7) is 2.73. The van der Waals surface area contributed by atoms with E-state index in [4.69, 9.17) is 0 Å². The van der Waals surface area contributed by atoms with Gasteiger partial charge >= 0.3 is 5.69 Å². The van der Waals surface area contributed by atoms with Gasteiger partial charge in [-0.15, -0.1) is 0 Å². The van der Waals surface area contributed by atoms with Crippen molar-refractivity contribution in [1.29, 1.82) is 0 Å². The number of aryl methyl sites for hydroxylation is 2. The molecule has 0 aliphatic heterocycles. The molecular formula is C19H21N3O4S. The van der Waals surface area contributed by atoms with Crippen LogP contribution in [0.15, 0.2) is 58.2 Å². The predicted octanol–water partition coefficient (Wildman–Crippen LogP) is 2.26. The van der Waals surface area contributed by atoms with Crippen LogP contribution < -0.4 is 11.0 Å². The first-order valence-electron chi connectivity index (χ1n) is 8.59. The lowest BCUT2D eigenvalue weighted by Crippen LogP contribution is -2.25. The normalized spacial score (nSPS) is 11.6. The second-order valence-electron chi connectivity index (χ2n) is 6.26. The van der Waals surface area contributed by atoms with Gasteiger partial charge in [0.15, 0.2) is 9.84 Å². The number of nitrogens with one attached hydrogen (secondary N) is 1. The molecule has 2 aromatic carbocycles. The van der Waals surface area contributed by atoms with Crippen LogP contribution in [0.3, 0.4) is 0 Å². The Kier molecular flexibility index (Phi) is 5.18. The molecule has 27 heavy (non-hydrogen) atoms. The zero-order chi connectivity index (χ0) is 19.6. The topological polar surface area (TPSA) is 90.2 Å². The van der Waals surface area contributed by atoms with Crippen molar-refractivity contribution >= 4 is 32.5 Å². The summed E-state index contributed by atoms with van der Waals surface area (Å²) in [5.74, 6) is -0.248. The highest BCUT2D eigenvalue weighted by atomic mass is 32.2. The third kappa shape index (κ3) is 3.95. The largest absolute Gasteiger partial charge is 0.329 e. The van der Waals surface area contributed by atoms with E-state index >= 15 is 0 Å². The number of amides is 1. The molecular weight excluding hydrogens is 366 g/mol. The number of carbonyl (C=O) groups is 1. The average molecular weight is 387 g/mol. The van der Waals surface area contributed by atoms with E-state index in [0.29, 0.717) is 12.2 Å². The summed E-state index contributed by atoms with van der Waals surface area (Å²) >= 11 is 0. The molecule has 0 aliphatic carbocycles. The molecule has 0 spiro atoms. The van der Waals surface area contributed by atoms with Gasteiger partial charge < -0.3 is 5.32 Å². The van der Waals surface area contributed by atoms with Crippen LogP contribution in [0, 0.1) is 0 Å². The van der Waals surface area contributed by atoms with Crippen LogP contribution in [0.2, 0.25) is 0 Å². The van der Waals surface area contributed by atoms with Gasteiger partial charge in [0.25, 0.3) is 0 Å². The van der Waals surface area contributed by atoms with Crippen LogP contribution in [0.1, 0.15) is 13.3 Å². The number of nitrogens with zero attached hydrogens (tertiary/aromatic N) is 2. The van der Waals surface area contributed by atoms with E-state index in [1.54, 1.807) is 21.3 Å². The van der Waals surface area contributed by atoms with Crippen molar-refractivity contribution in [2.75, 3.05) is 11.6 Å². The third-order valence-corrected chi connectivity index (χ3v) is 5.50. The molecule has 1 heterocycles. The Hall–Kier alpha value is -2.87. The molecule has 0 saturated carbocycles. The summed E-state index contributed by atoms with van der Waals surface area (Å²) in [7, 11) is -3.27. The monoisotopic (exact) mass is 387 g/mol. The molecule has 0 bridgehead atoms. The van der Waals surface area contributed by atoms with E-state index in [-0.39, 0.29) is 29.5 Å². The standard InChI is InChI=1S/C19H21N3O4S/c1-3-21-16-6-4-5-7-17(16)22(19(21)24)13-12-18(23)20-14-8-10-15(11-9-14)27(2,25)26/h4-11H,3,12-13H2,1-2H3,(H,20,23). The van der Waals surface area contributed by atoms with Gasteiger partial charge in [0.05, 0.1) is 15.9 Å². The number of para-hydroxylation sites is 2. The number of imidazole rings is 1. The maximum Gasteiger partial charge on any atom is 0.329 e. The molecule has 3 rings (SSSR count). The van der Waals surface area contributed by atoms with E-state index in [9.17, 15) is 18.0 Å². The van der Waals surface area contributed by atoms with Gasteiger partial charge in [-0.1, -0.05) is 12.1 Å². The van der Waals surface area contributed by atoms with Crippen molar-refractivity contribution < 1.29 is 13.2 Å². The summed E-state index contributed by atoms with van der Waals surface area (Å²) in [5.41, 5.74) is 2.02. The Morgan fingerprint density at radius 3 is 2.15 bits per heavy atom. The summed E-state index contributed by atoms with van der Waals surface area (Å²) in [6.07, 6.45) is 1.26. The summed E-state index contributed by atoms with van der Waals surface area (Å²) < 4.78 is 26.2. The van der Waals surface area contributed by atoms with E-state index in [1.807, 2.05) is 31.2 Å². The van der Waals surface area contributed by atoms with Crippen LogP contribution in [0.4, 0.5) is 5.69 Å². The highest BCUT2D eigenvalue weighted by molar-refractivity contribution is 7.90. The van der Waals surface area contributed by atoms with Crippen LogP contribution >= 0.6 is 0 Å². The second-order valence-corrected chi connectivity index (χ2v) is 8.28. The molecule has 0 aliphatic rings. The Labute approximate surface area is 157 Å². The molecule has 0 fully saturated rings. The van der Waals surface area contributed by atoms with E-state index in [0.717, 1.165) is 17.3 Å². The SMILES string of the molecule is CCn1c(=O)n(CCC(=O)Nc2ccc(S(C)(=O)=O)cc2)c2ccccc21. The molecule has 1 amide bonds. The molecule has 3 aromatic rings. The van der Waals surface area contributed by atoms with Crippen LogP contribution in [-0.4, -0.2) is 29.7 Å². The number of benzene rings is 2. The molecule has 0 saturated heterocycles. The van der Waals surface area contributed by atoms with Crippen molar-refractivity contribution in [3.63, 3.8) is 0 Å². The lowest BCUT2D eigenvalue weighted by Gasteiger charge is -2.07. The smallest absolute Gasteiger partial charge is 0.326 e. The maximum atomic E-state index is 12.6. The fraction of sp³-hybridized carbons (Fsp3) is 0.263. The van der Waals surface area contributed by atoms with E-state index in [1.165, 1.54) is 12.1 Å². The molecule has 1 aromatic heterocycles. The van der Waals surface area contributed by atoms with Gasteiger partial charge in [-0.2, -0.15) is 0 Å². The maximum absolute atomic E-state index is 12.6. The molecule has 7 nitrogen and oxygen atoms in total. The lowest BCUT2D eigenvalue weighted by atomic mass is 10.3. The first-order valence-corrected chi connectivity index (χ1v) is 10.5.